The molecular weight excluding hydrogens is 266 g/mol. The van der Waals surface area contributed by atoms with Gasteiger partial charge in [0.1, 0.15) is 15.6 Å². The summed E-state index contributed by atoms with van der Waals surface area (Å²) < 4.78 is 27.2. The number of para-hydroxylation sites is 1. The van der Waals surface area contributed by atoms with Crippen molar-refractivity contribution in [1.82, 2.24) is 5.32 Å². The lowest BCUT2D eigenvalue weighted by molar-refractivity contribution is -0.121. The van der Waals surface area contributed by atoms with Crippen LogP contribution in [-0.4, -0.2) is 39.5 Å². The number of hydrogen-bond donors (Lipinski definition) is 1. The largest absolute Gasteiger partial charge is 0.494 e. The zero-order valence-corrected chi connectivity index (χ0v) is 11.8. The van der Waals surface area contributed by atoms with E-state index in [9.17, 15) is 13.2 Å². The van der Waals surface area contributed by atoms with Crippen LogP contribution in [0.25, 0.3) is 0 Å². The van der Waals surface area contributed by atoms with Crippen molar-refractivity contribution < 1.29 is 17.9 Å². The van der Waals surface area contributed by atoms with Crippen LogP contribution in [0.5, 0.6) is 5.75 Å². The molecule has 0 aliphatic rings. The lowest BCUT2D eigenvalue weighted by Crippen LogP contribution is -2.28. The summed E-state index contributed by atoms with van der Waals surface area (Å²) in [6, 6.07) is 9.38. The smallest absolute Gasteiger partial charge is 0.220 e. The number of carbonyl (C=O) groups is 1. The number of amides is 1. The van der Waals surface area contributed by atoms with E-state index in [4.69, 9.17) is 4.74 Å². The van der Waals surface area contributed by atoms with Gasteiger partial charge >= 0.3 is 0 Å². The van der Waals surface area contributed by atoms with E-state index in [0.717, 1.165) is 12.0 Å². The zero-order valence-electron chi connectivity index (χ0n) is 11.0. The summed E-state index contributed by atoms with van der Waals surface area (Å²) >= 11 is 0. The van der Waals surface area contributed by atoms with Gasteiger partial charge in [-0.1, -0.05) is 18.2 Å². The van der Waals surface area contributed by atoms with Gasteiger partial charge in [-0.15, -0.1) is 0 Å². The second-order valence-electron chi connectivity index (χ2n) is 4.24. The van der Waals surface area contributed by atoms with Gasteiger partial charge in [0.25, 0.3) is 0 Å². The van der Waals surface area contributed by atoms with Crippen LogP contribution in [0.1, 0.15) is 12.8 Å². The third-order valence-corrected chi connectivity index (χ3v) is 3.30. The highest BCUT2D eigenvalue weighted by Crippen LogP contribution is 2.08. The van der Waals surface area contributed by atoms with Crippen molar-refractivity contribution in [1.29, 1.82) is 0 Å². The third-order valence-electron chi connectivity index (χ3n) is 2.36. The number of nitrogens with one attached hydrogen (secondary N) is 1. The predicted octanol–water partition coefficient (Wildman–Crippen LogP) is 1.01. The van der Waals surface area contributed by atoms with Gasteiger partial charge in [-0.25, -0.2) is 8.42 Å². The molecule has 0 aromatic heterocycles. The van der Waals surface area contributed by atoms with Crippen LogP contribution >= 0.6 is 0 Å². The van der Waals surface area contributed by atoms with E-state index < -0.39 is 9.84 Å². The van der Waals surface area contributed by atoms with Gasteiger partial charge in [0, 0.05) is 19.2 Å². The van der Waals surface area contributed by atoms with Gasteiger partial charge in [0.05, 0.1) is 12.4 Å². The van der Waals surface area contributed by atoms with Crippen molar-refractivity contribution in [3.05, 3.63) is 30.3 Å². The van der Waals surface area contributed by atoms with E-state index in [-0.39, 0.29) is 18.2 Å². The van der Waals surface area contributed by atoms with Crippen LogP contribution in [0.4, 0.5) is 0 Å². The quantitative estimate of drug-likeness (QED) is 0.723. The van der Waals surface area contributed by atoms with Crippen molar-refractivity contribution in [3.8, 4) is 5.75 Å². The maximum absolute atomic E-state index is 11.4. The first-order valence-electron chi connectivity index (χ1n) is 6.09. The van der Waals surface area contributed by atoms with E-state index in [1.54, 1.807) is 0 Å². The number of hydrogen-bond acceptors (Lipinski definition) is 4. The van der Waals surface area contributed by atoms with Gasteiger partial charge < -0.3 is 10.1 Å². The van der Waals surface area contributed by atoms with Crippen LogP contribution in [0.2, 0.25) is 0 Å². The fourth-order valence-corrected chi connectivity index (χ4v) is 1.88. The first kappa shape index (κ1) is 15.5. The molecule has 1 rings (SSSR count). The zero-order chi connectivity index (χ0) is 14.1. The van der Waals surface area contributed by atoms with Gasteiger partial charge in [0.2, 0.25) is 5.91 Å². The average Bonchev–Trinajstić information content (AvgIpc) is 2.34. The molecule has 1 aromatic rings. The Labute approximate surface area is 113 Å². The number of benzene rings is 1. The highest BCUT2D eigenvalue weighted by Gasteiger charge is 2.04. The first-order chi connectivity index (χ1) is 8.97. The van der Waals surface area contributed by atoms with Crippen molar-refractivity contribution >= 4 is 15.7 Å². The molecule has 5 nitrogen and oxygen atoms in total. The fraction of sp³-hybridized carbons (Fsp3) is 0.462. The molecule has 0 aliphatic carbocycles. The van der Waals surface area contributed by atoms with E-state index in [0.29, 0.717) is 19.4 Å². The summed E-state index contributed by atoms with van der Waals surface area (Å²) in [4.78, 5) is 11.4. The number of ether oxygens (including phenoxy) is 1. The Bertz CT molecular complexity index is 485. The highest BCUT2D eigenvalue weighted by atomic mass is 32.2. The molecule has 0 fully saturated rings. The lowest BCUT2D eigenvalue weighted by Gasteiger charge is -2.06. The van der Waals surface area contributed by atoms with Gasteiger partial charge in [-0.3, -0.25) is 4.79 Å². The second kappa shape index (κ2) is 7.78. The summed E-state index contributed by atoms with van der Waals surface area (Å²) in [5.41, 5.74) is 0. The standard InChI is InChI=1S/C13H19NO4S/c1-19(16,17)11-9-14-13(15)8-5-10-18-12-6-3-2-4-7-12/h2-4,6-7H,5,8-11H2,1H3,(H,14,15). The van der Waals surface area contributed by atoms with E-state index in [1.165, 1.54) is 0 Å². The molecule has 19 heavy (non-hydrogen) atoms. The molecule has 1 N–H and O–H groups in total. The number of carbonyl (C=O) groups excluding carboxylic acids is 1. The van der Waals surface area contributed by atoms with Crippen LogP contribution < -0.4 is 10.1 Å². The maximum Gasteiger partial charge on any atom is 0.220 e. The molecule has 0 radical (unpaired) electrons. The maximum atomic E-state index is 11.4. The van der Waals surface area contributed by atoms with Gasteiger partial charge in [-0.2, -0.15) is 0 Å². The Balaban J connectivity index is 2.08. The molecule has 1 amide bonds. The fourth-order valence-electron chi connectivity index (χ4n) is 1.40. The minimum atomic E-state index is -3.02. The monoisotopic (exact) mass is 285 g/mol. The highest BCUT2D eigenvalue weighted by molar-refractivity contribution is 7.90. The molecule has 1 aromatic carbocycles. The SMILES string of the molecule is CS(=O)(=O)CCNC(=O)CCCOc1ccccc1. The topological polar surface area (TPSA) is 72.5 Å². The summed E-state index contributed by atoms with van der Waals surface area (Å²) in [5, 5.41) is 2.56. The van der Waals surface area contributed by atoms with Crippen LogP contribution in [0.3, 0.4) is 0 Å². The van der Waals surface area contributed by atoms with Crippen LogP contribution in [-0.2, 0) is 14.6 Å². The summed E-state index contributed by atoms with van der Waals surface area (Å²) in [5.74, 6) is 0.597. The van der Waals surface area contributed by atoms with Gasteiger partial charge in [-0.05, 0) is 18.6 Å². The Morgan fingerprint density at radius 1 is 1.26 bits per heavy atom. The van der Waals surface area contributed by atoms with Crippen molar-refractivity contribution in [2.45, 2.75) is 12.8 Å². The molecule has 0 unspecified atom stereocenters. The van der Waals surface area contributed by atoms with E-state index in [2.05, 4.69) is 5.32 Å². The molecule has 0 spiro atoms. The Morgan fingerprint density at radius 3 is 2.58 bits per heavy atom. The molecule has 0 atom stereocenters. The first-order valence-corrected chi connectivity index (χ1v) is 8.16. The van der Waals surface area contributed by atoms with Crippen molar-refractivity contribution in [2.24, 2.45) is 0 Å². The molecule has 0 heterocycles. The predicted molar refractivity (Wildman–Crippen MR) is 73.9 cm³/mol. The molecule has 6 heteroatoms. The van der Waals surface area contributed by atoms with E-state index >= 15 is 0 Å². The minimum Gasteiger partial charge on any atom is -0.494 e. The summed E-state index contributed by atoms with van der Waals surface area (Å²) in [6.45, 7) is 0.626. The van der Waals surface area contributed by atoms with Crippen LogP contribution in [0, 0.1) is 0 Å². The summed E-state index contributed by atoms with van der Waals surface area (Å²) in [7, 11) is -3.02. The number of rotatable bonds is 8. The van der Waals surface area contributed by atoms with Crippen molar-refractivity contribution in [2.75, 3.05) is 25.2 Å². The Kier molecular flexibility index (Phi) is 6.35. The Morgan fingerprint density at radius 2 is 1.95 bits per heavy atom. The van der Waals surface area contributed by atoms with Gasteiger partial charge in [0.15, 0.2) is 0 Å². The average molecular weight is 285 g/mol. The lowest BCUT2D eigenvalue weighted by atomic mass is 10.3. The minimum absolute atomic E-state index is 0.0285. The van der Waals surface area contributed by atoms with Crippen LogP contribution in [0.15, 0.2) is 30.3 Å². The molecule has 0 saturated heterocycles. The third kappa shape index (κ3) is 8.20. The molecule has 0 aliphatic heterocycles. The molecule has 0 bridgehead atoms. The summed E-state index contributed by atoms with van der Waals surface area (Å²) in [6.07, 6.45) is 2.07. The molecule has 106 valence electrons. The molecule has 0 saturated carbocycles. The second-order valence-corrected chi connectivity index (χ2v) is 6.50. The number of sulfone groups is 1. The molecular formula is C13H19NO4S. The Hall–Kier alpha value is -1.56. The normalized spacial score (nSPS) is 11.0. The van der Waals surface area contributed by atoms with Crippen molar-refractivity contribution in [3.63, 3.8) is 0 Å². The van der Waals surface area contributed by atoms with E-state index in [1.807, 2.05) is 30.3 Å².